The number of aromatic nitrogens is 2. The second-order valence-corrected chi connectivity index (χ2v) is 10.3. The average Bonchev–Trinajstić information content (AvgIpc) is 3.46. The van der Waals surface area contributed by atoms with E-state index in [0.717, 1.165) is 5.56 Å². The Labute approximate surface area is 240 Å². The molecular weight excluding hydrogens is 561 g/mol. The highest BCUT2D eigenvalue weighted by molar-refractivity contribution is 6.36. The Kier molecular flexibility index (Phi) is 8.35. The minimum atomic E-state index is -0.272. The normalized spacial score (nSPS) is 13.4. The summed E-state index contributed by atoms with van der Waals surface area (Å²) in [7, 11) is 0. The maximum atomic E-state index is 13.2. The topological polar surface area (TPSA) is 82.8 Å². The third-order valence-electron chi connectivity index (χ3n) is 6.45. The van der Waals surface area contributed by atoms with Crippen LogP contribution in [0, 0.1) is 0 Å². The number of amides is 2. The molecular formula is C28H24Cl3N5O3. The van der Waals surface area contributed by atoms with Crippen LogP contribution in [0.5, 0.6) is 0 Å². The van der Waals surface area contributed by atoms with Crippen molar-refractivity contribution in [3.63, 3.8) is 0 Å². The van der Waals surface area contributed by atoms with Gasteiger partial charge in [-0.15, -0.1) is 10.2 Å². The van der Waals surface area contributed by atoms with Crippen LogP contribution in [0.25, 0.3) is 11.3 Å². The second kappa shape index (κ2) is 12.1. The molecule has 39 heavy (non-hydrogen) atoms. The van der Waals surface area contributed by atoms with Gasteiger partial charge in [-0.1, -0.05) is 34.8 Å². The van der Waals surface area contributed by atoms with Crippen LogP contribution in [-0.2, 0) is 11.3 Å². The van der Waals surface area contributed by atoms with Crippen molar-refractivity contribution in [2.24, 2.45) is 0 Å². The van der Waals surface area contributed by atoms with Crippen molar-refractivity contribution in [1.29, 1.82) is 0 Å². The highest BCUT2D eigenvalue weighted by Gasteiger charge is 2.26. The van der Waals surface area contributed by atoms with Gasteiger partial charge in [-0.3, -0.25) is 9.59 Å². The third-order valence-corrected chi connectivity index (χ3v) is 7.25. The minimum absolute atomic E-state index is 0.0709. The van der Waals surface area contributed by atoms with Crippen molar-refractivity contribution in [2.75, 3.05) is 37.6 Å². The molecule has 200 valence electrons. The summed E-state index contributed by atoms with van der Waals surface area (Å²) in [6.45, 7) is 2.28. The summed E-state index contributed by atoms with van der Waals surface area (Å²) in [6.07, 6.45) is 1.54. The first-order valence-corrected chi connectivity index (χ1v) is 13.4. The number of furan rings is 1. The quantitative estimate of drug-likeness (QED) is 0.278. The molecule has 2 aromatic heterocycles. The number of nitrogens with zero attached hydrogens (tertiary/aromatic N) is 5. The highest BCUT2D eigenvalue weighted by atomic mass is 35.5. The summed E-state index contributed by atoms with van der Waals surface area (Å²) in [6, 6.07) is 19.1. The molecule has 0 bridgehead atoms. The molecule has 0 atom stereocenters. The predicted octanol–water partition coefficient (Wildman–Crippen LogP) is 5.69. The molecule has 0 spiro atoms. The Morgan fingerprint density at radius 2 is 1.62 bits per heavy atom. The van der Waals surface area contributed by atoms with Gasteiger partial charge in [0.25, 0.3) is 5.91 Å². The van der Waals surface area contributed by atoms with Gasteiger partial charge >= 0.3 is 0 Å². The van der Waals surface area contributed by atoms with Crippen molar-refractivity contribution < 1.29 is 14.0 Å². The van der Waals surface area contributed by atoms with Crippen LogP contribution in [-0.4, -0.2) is 64.5 Å². The van der Waals surface area contributed by atoms with Crippen molar-refractivity contribution in [3.8, 4) is 11.3 Å². The molecule has 0 N–H and O–H groups in total. The predicted molar refractivity (Wildman–Crippen MR) is 151 cm³/mol. The van der Waals surface area contributed by atoms with Crippen LogP contribution in [0.4, 0.5) is 5.82 Å². The largest absolute Gasteiger partial charge is 0.467 e. The van der Waals surface area contributed by atoms with E-state index < -0.39 is 0 Å². The van der Waals surface area contributed by atoms with E-state index in [4.69, 9.17) is 39.2 Å². The minimum Gasteiger partial charge on any atom is -0.467 e. The molecule has 1 aliphatic heterocycles. The molecule has 2 aromatic carbocycles. The first kappa shape index (κ1) is 27.0. The maximum Gasteiger partial charge on any atom is 0.254 e. The molecule has 4 aromatic rings. The van der Waals surface area contributed by atoms with E-state index in [1.165, 1.54) is 4.90 Å². The fourth-order valence-electron chi connectivity index (χ4n) is 4.35. The fraction of sp³-hybridized carbons (Fsp3) is 0.214. The number of carbonyl (C=O) groups excluding carboxylic acids is 2. The maximum absolute atomic E-state index is 13.2. The zero-order chi connectivity index (χ0) is 27.4. The fourth-order valence-corrected chi connectivity index (χ4v) is 4.98. The van der Waals surface area contributed by atoms with Crippen LogP contribution in [0.2, 0.25) is 15.1 Å². The zero-order valence-electron chi connectivity index (χ0n) is 20.8. The molecule has 1 saturated heterocycles. The third kappa shape index (κ3) is 6.53. The van der Waals surface area contributed by atoms with Gasteiger partial charge in [-0.05, 0) is 66.7 Å². The molecule has 11 heteroatoms. The van der Waals surface area contributed by atoms with Gasteiger partial charge in [-0.25, -0.2) is 0 Å². The lowest BCUT2D eigenvalue weighted by atomic mass is 10.1. The van der Waals surface area contributed by atoms with Crippen molar-refractivity contribution >= 4 is 52.4 Å². The Hall–Kier alpha value is -3.59. The molecule has 0 saturated carbocycles. The lowest BCUT2D eigenvalue weighted by Crippen LogP contribution is -2.52. The number of halogens is 3. The van der Waals surface area contributed by atoms with E-state index in [-0.39, 0.29) is 24.9 Å². The van der Waals surface area contributed by atoms with Crippen molar-refractivity contribution in [3.05, 3.63) is 99.4 Å². The summed E-state index contributed by atoms with van der Waals surface area (Å²) in [5.74, 6) is 0.902. The van der Waals surface area contributed by atoms with E-state index in [1.54, 1.807) is 59.7 Å². The second-order valence-electron chi connectivity index (χ2n) is 9.02. The van der Waals surface area contributed by atoms with Gasteiger partial charge in [0.15, 0.2) is 5.82 Å². The summed E-state index contributed by atoms with van der Waals surface area (Å²) < 4.78 is 5.43. The van der Waals surface area contributed by atoms with Crippen LogP contribution >= 0.6 is 34.8 Å². The number of benzene rings is 2. The number of hydrogen-bond donors (Lipinski definition) is 0. The molecule has 1 aliphatic rings. The van der Waals surface area contributed by atoms with Crippen molar-refractivity contribution in [2.45, 2.75) is 6.54 Å². The number of anilines is 1. The van der Waals surface area contributed by atoms with Crippen LogP contribution in [0.15, 0.2) is 77.4 Å². The van der Waals surface area contributed by atoms with Gasteiger partial charge in [-0.2, -0.15) is 0 Å². The van der Waals surface area contributed by atoms with E-state index in [2.05, 4.69) is 15.1 Å². The Morgan fingerprint density at radius 1 is 0.872 bits per heavy atom. The number of piperazine rings is 1. The summed E-state index contributed by atoms with van der Waals surface area (Å²) >= 11 is 18.3. The van der Waals surface area contributed by atoms with E-state index in [0.29, 0.717) is 64.1 Å². The highest BCUT2D eigenvalue weighted by Crippen LogP contribution is 2.29. The van der Waals surface area contributed by atoms with Crippen LogP contribution < -0.4 is 4.90 Å². The average molecular weight is 585 g/mol. The van der Waals surface area contributed by atoms with E-state index >= 15 is 0 Å². The Bertz CT molecular complexity index is 1440. The van der Waals surface area contributed by atoms with Gasteiger partial charge in [0, 0.05) is 47.4 Å². The van der Waals surface area contributed by atoms with E-state index in [9.17, 15) is 9.59 Å². The van der Waals surface area contributed by atoms with Gasteiger partial charge < -0.3 is 19.1 Å². The summed E-state index contributed by atoms with van der Waals surface area (Å²) in [5.41, 5.74) is 1.85. The molecule has 1 fully saturated rings. The van der Waals surface area contributed by atoms with Crippen LogP contribution in [0.1, 0.15) is 16.1 Å². The van der Waals surface area contributed by atoms with Gasteiger partial charge in [0.1, 0.15) is 12.3 Å². The monoisotopic (exact) mass is 583 g/mol. The number of hydrogen-bond acceptors (Lipinski definition) is 6. The first-order valence-electron chi connectivity index (χ1n) is 12.3. The summed E-state index contributed by atoms with van der Waals surface area (Å²) in [4.78, 5) is 31.8. The summed E-state index contributed by atoms with van der Waals surface area (Å²) in [5, 5.41) is 10.3. The molecule has 2 amide bonds. The smallest absolute Gasteiger partial charge is 0.254 e. The van der Waals surface area contributed by atoms with E-state index in [1.807, 2.05) is 18.2 Å². The number of rotatable bonds is 7. The van der Waals surface area contributed by atoms with Gasteiger partial charge in [0.2, 0.25) is 5.91 Å². The van der Waals surface area contributed by atoms with Crippen LogP contribution in [0.3, 0.4) is 0 Å². The molecule has 3 heterocycles. The van der Waals surface area contributed by atoms with Crippen molar-refractivity contribution in [1.82, 2.24) is 20.0 Å². The number of carbonyl (C=O) groups is 2. The standard InChI is InChI=1S/C28H24Cl3N5O3/c29-20-5-3-19(4-6-20)28(38)36(17-22-2-1-15-39-22)18-27(37)35-13-11-34(12-14-35)26-10-9-25(32-33-26)23-8-7-21(30)16-24(23)31/h1-10,15-16H,11-14,17-18H2. The molecule has 8 nitrogen and oxygen atoms in total. The molecule has 0 radical (unpaired) electrons. The molecule has 0 aliphatic carbocycles. The first-order chi connectivity index (χ1) is 18.9. The SMILES string of the molecule is O=C(CN(Cc1ccco1)C(=O)c1ccc(Cl)cc1)N1CCN(c2ccc(-c3ccc(Cl)cc3Cl)nn2)CC1. The molecule has 5 rings (SSSR count). The Balaban J connectivity index is 1.21. The Morgan fingerprint density at radius 3 is 2.26 bits per heavy atom. The zero-order valence-corrected chi connectivity index (χ0v) is 23.0. The van der Waals surface area contributed by atoms with Gasteiger partial charge in [0.05, 0.1) is 23.5 Å². The lowest BCUT2D eigenvalue weighted by molar-refractivity contribution is -0.132. The molecule has 0 unspecified atom stereocenters. The lowest BCUT2D eigenvalue weighted by Gasteiger charge is -2.36.